The molecule has 3 aromatic carbocycles. The number of benzene rings is 3. The van der Waals surface area contributed by atoms with Crippen LogP contribution in [0, 0.1) is 0 Å². The zero-order valence-corrected chi connectivity index (χ0v) is 35.1. The second-order valence-corrected chi connectivity index (χ2v) is 19.3. The molecule has 0 radical (unpaired) electrons. The van der Waals surface area contributed by atoms with E-state index in [1.807, 2.05) is 0 Å². The van der Waals surface area contributed by atoms with Gasteiger partial charge >= 0.3 is 0 Å². The molecule has 52 heavy (non-hydrogen) atoms. The van der Waals surface area contributed by atoms with Crippen molar-refractivity contribution in [3.8, 4) is 0 Å². The first-order chi connectivity index (χ1) is 24.8. The topological polar surface area (TPSA) is 0 Å². The SMILES string of the molecule is CC(C)c1cc(C2=CC=CC2)cc(C(C)C)c1P(c1c(C(C)C)cc(C2=CC=CC2)cc1C(C)C)c1c(C(C)C)cc(C2=CC=CC2)cc1C(C)C. The Balaban J connectivity index is 1.82. The van der Waals surface area contributed by atoms with E-state index in [4.69, 9.17) is 0 Å². The van der Waals surface area contributed by atoms with Gasteiger partial charge in [-0.1, -0.05) is 174 Å². The van der Waals surface area contributed by atoms with E-state index in [0.717, 1.165) is 19.3 Å². The van der Waals surface area contributed by atoms with Crippen molar-refractivity contribution >= 4 is 40.6 Å². The van der Waals surface area contributed by atoms with Crippen molar-refractivity contribution in [2.24, 2.45) is 0 Å². The number of hydrogen-bond donors (Lipinski definition) is 0. The van der Waals surface area contributed by atoms with Crippen LogP contribution in [0.5, 0.6) is 0 Å². The Kier molecular flexibility index (Phi) is 11.7. The van der Waals surface area contributed by atoms with Gasteiger partial charge in [0.2, 0.25) is 0 Å². The van der Waals surface area contributed by atoms with E-state index in [0.29, 0.717) is 35.5 Å². The lowest BCUT2D eigenvalue weighted by atomic mass is 9.89. The summed E-state index contributed by atoms with van der Waals surface area (Å²) in [7, 11) is -0.944. The maximum Gasteiger partial charge on any atom is -0.00810 e. The van der Waals surface area contributed by atoms with E-state index in [-0.39, 0.29) is 0 Å². The molecule has 0 spiro atoms. The van der Waals surface area contributed by atoms with Gasteiger partial charge in [0.25, 0.3) is 0 Å². The molecule has 3 aliphatic rings. The first kappa shape index (κ1) is 38.3. The van der Waals surface area contributed by atoms with Gasteiger partial charge in [0.15, 0.2) is 0 Å². The third-order valence-electron chi connectivity index (χ3n) is 11.3. The zero-order chi connectivity index (χ0) is 37.4. The van der Waals surface area contributed by atoms with Crippen LogP contribution in [0.15, 0.2) is 91.1 Å². The normalized spacial score (nSPS) is 15.6. The zero-order valence-electron chi connectivity index (χ0n) is 34.2. The van der Waals surface area contributed by atoms with Crippen LogP contribution in [-0.2, 0) is 0 Å². The standard InChI is InChI=1S/C51H63P/c1-31(2)43-25-40(37-19-13-14-20-37)26-44(32(3)4)49(43)52(50-45(33(5)6)27-41(28-46(50)34(7)8)38-21-15-16-22-38)51-47(35(9)10)29-42(30-48(51)36(11)12)39-23-17-18-24-39/h13-19,21,23,25-36H,20,22,24H2,1-12H3. The smallest absolute Gasteiger partial charge is 0.00810 e. The van der Waals surface area contributed by atoms with Gasteiger partial charge in [-0.05, 0) is 145 Å². The van der Waals surface area contributed by atoms with Gasteiger partial charge in [-0.15, -0.1) is 0 Å². The molecule has 272 valence electrons. The molecule has 1 heteroatoms. The van der Waals surface area contributed by atoms with Crippen LogP contribution >= 0.6 is 7.92 Å². The molecule has 0 N–H and O–H groups in total. The van der Waals surface area contributed by atoms with Gasteiger partial charge < -0.3 is 0 Å². The summed E-state index contributed by atoms with van der Waals surface area (Å²) in [6.45, 7) is 29.2. The minimum absolute atomic E-state index is 0.394. The lowest BCUT2D eigenvalue weighted by molar-refractivity contribution is 0.838. The summed E-state index contributed by atoms with van der Waals surface area (Å²) >= 11 is 0. The number of rotatable bonds is 12. The summed E-state index contributed by atoms with van der Waals surface area (Å²) in [5.74, 6) is 2.36. The molecule has 3 aromatic rings. The molecule has 0 saturated heterocycles. The molecule has 3 aliphatic carbocycles. The first-order valence-electron chi connectivity index (χ1n) is 20.2. The van der Waals surface area contributed by atoms with Crippen molar-refractivity contribution in [3.63, 3.8) is 0 Å². The molecule has 0 heterocycles. The maximum absolute atomic E-state index is 2.60. The summed E-state index contributed by atoms with van der Waals surface area (Å²) in [6.07, 6.45) is 23.7. The Morgan fingerprint density at radius 2 is 0.558 bits per heavy atom. The highest BCUT2D eigenvalue weighted by Gasteiger charge is 2.35. The highest BCUT2D eigenvalue weighted by atomic mass is 31.1. The second kappa shape index (κ2) is 15.9. The molecular formula is C51H63P. The quantitative estimate of drug-likeness (QED) is 0.165. The first-order valence-corrected chi connectivity index (χ1v) is 21.5. The Morgan fingerprint density at radius 1 is 0.346 bits per heavy atom. The van der Waals surface area contributed by atoms with Crippen molar-refractivity contribution < 1.29 is 0 Å². The minimum Gasteiger partial charge on any atom is -0.0801 e. The third-order valence-corrected chi connectivity index (χ3v) is 14.2. The fourth-order valence-corrected chi connectivity index (χ4v) is 12.5. The second-order valence-electron chi connectivity index (χ2n) is 17.2. The Labute approximate surface area is 318 Å². The van der Waals surface area contributed by atoms with Crippen molar-refractivity contribution in [2.45, 2.75) is 138 Å². The lowest BCUT2D eigenvalue weighted by Crippen LogP contribution is -2.35. The van der Waals surface area contributed by atoms with Crippen LogP contribution in [0.1, 0.15) is 188 Å². The molecule has 0 aromatic heterocycles. The molecular weight excluding hydrogens is 644 g/mol. The number of allylic oxidation sites excluding steroid dienone is 12. The van der Waals surface area contributed by atoms with Crippen molar-refractivity contribution in [1.82, 2.24) is 0 Å². The van der Waals surface area contributed by atoms with Gasteiger partial charge in [0.05, 0.1) is 0 Å². The largest absolute Gasteiger partial charge is 0.0801 e. The molecule has 0 saturated carbocycles. The molecule has 0 unspecified atom stereocenters. The van der Waals surface area contributed by atoms with Crippen LogP contribution in [-0.4, -0.2) is 0 Å². The van der Waals surface area contributed by atoms with Gasteiger partial charge in [-0.3, -0.25) is 0 Å². The van der Waals surface area contributed by atoms with E-state index < -0.39 is 7.92 Å². The lowest BCUT2D eigenvalue weighted by Gasteiger charge is -2.37. The predicted octanol–water partition coefficient (Wildman–Crippen LogP) is 14.2. The predicted molar refractivity (Wildman–Crippen MR) is 235 cm³/mol. The van der Waals surface area contributed by atoms with Gasteiger partial charge in [-0.25, -0.2) is 0 Å². The third kappa shape index (κ3) is 7.48. The van der Waals surface area contributed by atoms with Crippen LogP contribution in [0.3, 0.4) is 0 Å². The summed E-state index contributed by atoms with van der Waals surface area (Å²) in [4.78, 5) is 0. The van der Waals surface area contributed by atoms with E-state index in [1.54, 1.807) is 15.9 Å². The van der Waals surface area contributed by atoms with E-state index in [9.17, 15) is 0 Å². The summed E-state index contributed by atoms with van der Waals surface area (Å²) in [5.41, 5.74) is 17.8. The minimum atomic E-state index is -0.944. The Morgan fingerprint density at radius 3 is 0.712 bits per heavy atom. The number of hydrogen-bond acceptors (Lipinski definition) is 0. The monoisotopic (exact) mass is 706 g/mol. The summed E-state index contributed by atoms with van der Waals surface area (Å²) < 4.78 is 0. The highest BCUT2D eigenvalue weighted by Crippen LogP contribution is 2.49. The summed E-state index contributed by atoms with van der Waals surface area (Å²) in [6, 6.07) is 15.6. The van der Waals surface area contributed by atoms with Crippen LogP contribution in [0.25, 0.3) is 16.7 Å². The summed E-state index contributed by atoms with van der Waals surface area (Å²) in [5, 5.41) is 4.85. The fraction of sp³-hybridized carbons (Fsp3) is 0.412. The van der Waals surface area contributed by atoms with E-state index in [2.05, 4.69) is 174 Å². The molecule has 0 nitrogen and oxygen atoms in total. The van der Waals surface area contributed by atoms with Crippen molar-refractivity contribution in [3.05, 3.63) is 141 Å². The molecule has 0 atom stereocenters. The fourth-order valence-electron chi connectivity index (χ4n) is 8.33. The Hall–Kier alpha value is -3.47. The van der Waals surface area contributed by atoms with Crippen molar-refractivity contribution in [2.75, 3.05) is 0 Å². The maximum atomic E-state index is 2.60. The van der Waals surface area contributed by atoms with E-state index >= 15 is 0 Å². The van der Waals surface area contributed by atoms with Crippen LogP contribution < -0.4 is 15.9 Å². The van der Waals surface area contributed by atoms with Crippen LogP contribution in [0.2, 0.25) is 0 Å². The average Bonchev–Trinajstić information content (AvgIpc) is 3.92. The molecule has 0 bridgehead atoms. The van der Waals surface area contributed by atoms with Gasteiger partial charge in [-0.2, -0.15) is 0 Å². The molecule has 0 fully saturated rings. The molecule has 0 aliphatic heterocycles. The van der Waals surface area contributed by atoms with Crippen molar-refractivity contribution in [1.29, 1.82) is 0 Å². The Bertz CT molecular complexity index is 1690. The highest BCUT2D eigenvalue weighted by molar-refractivity contribution is 7.80. The van der Waals surface area contributed by atoms with Crippen LogP contribution in [0.4, 0.5) is 0 Å². The van der Waals surface area contributed by atoms with Gasteiger partial charge in [0, 0.05) is 0 Å². The molecule has 0 amide bonds. The van der Waals surface area contributed by atoms with Gasteiger partial charge in [0.1, 0.15) is 0 Å². The molecule has 6 rings (SSSR count). The average molecular weight is 707 g/mol. The van der Waals surface area contributed by atoms with E-state index in [1.165, 1.54) is 66.8 Å².